The van der Waals surface area contributed by atoms with E-state index in [0.29, 0.717) is 5.03 Å². The number of carbonyl (C=O) groups excluding carboxylic acids is 1. The van der Waals surface area contributed by atoms with Gasteiger partial charge in [0, 0.05) is 5.03 Å². The summed E-state index contributed by atoms with van der Waals surface area (Å²) in [5.41, 5.74) is 1.15. The summed E-state index contributed by atoms with van der Waals surface area (Å²) in [6.45, 7) is 5.48. The van der Waals surface area contributed by atoms with E-state index in [1.807, 2.05) is 6.92 Å². The Balaban J connectivity index is 2.81. The van der Waals surface area contributed by atoms with E-state index in [-0.39, 0.29) is 23.8 Å². The predicted molar refractivity (Wildman–Crippen MR) is 60.2 cm³/mol. The van der Waals surface area contributed by atoms with Crippen LogP contribution in [0.15, 0.2) is 29.8 Å². The Morgan fingerprint density at radius 1 is 1.60 bits per heavy atom. The molecule has 0 aliphatic rings. The fourth-order valence-electron chi connectivity index (χ4n) is 1.10. The smallest absolute Gasteiger partial charge is 0.255 e. The SMILES string of the molecule is C=C(Cl)CNC(=O)c1cc(C)ccc1O. The molecular weight excluding hydrogens is 214 g/mol. The minimum atomic E-state index is -0.363. The van der Waals surface area contributed by atoms with Gasteiger partial charge in [-0.25, -0.2) is 0 Å². The van der Waals surface area contributed by atoms with Gasteiger partial charge in [0.1, 0.15) is 5.75 Å². The Bertz CT molecular complexity index is 402. The van der Waals surface area contributed by atoms with Gasteiger partial charge in [0.25, 0.3) is 5.91 Å². The van der Waals surface area contributed by atoms with E-state index < -0.39 is 0 Å². The number of phenols is 1. The molecule has 0 heterocycles. The molecule has 0 saturated heterocycles. The van der Waals surface area contributed by atoms with Crippen LogP contribution in [0, 0.1) is 6.92 Å². The van der Waals surface area contributed by atoms with Crippen LogP contribution in [0.25, 0.3) is 0 Å². The molecule has 0 unspecified atom stereocenters. The maximum Gasteiger partial charge on any atom is 0.255 e. The Morgan fingerprint density at radius 3 is 2.87 bits per heavy atom. The number of rotatable bonds is 3. The standard InChI is InChI=1S/C11H12ClNO2/c1-7-3-4-10(14)9(5-7)11(15)13-6-8(2)12/h3-5,14H,2,6H2,1H3,(H,13,15). The van der Waals surface area contributed by atoms with Gasteiger partial charge in [0.2, 0.25) is 0 Å². The lowest BCUT2D eigenvalue weighted by atomic mass is 10.1. The average molecular weight is 226 g/mol. The summed E-state index contributed by atoms with van der Waals surface area (Å²) >= 11 is 5.51. The summed E-state index contributed by atoms with van der Waals surface area (Å²) in [5.74, 6) is -0.406. The maximum atomic E-state index is 11.6. The van der Waals surface area contributed by atoms with Gasteiger partial charge >= 0.3 is 0 Å². The number of hydrogen-bond donors (Lipinski definition) is 2. The number of aromatic hydroxyl groups is 1. The number of hydrogen-bond acceptors (Lipinski definition) is 2. The lowest BCUT2D eigenvalue weighted by Gasteiger charge is -2.06. The number of phenolic OH excluding ortho intramolecular Hbond substituents is 1. The van der Waals surface area contributed by atoms with Crippen LogP contribution < -0.4 is 5.32 Å². The number of carbonyl (C=O) groups is 1. The third kappa shape index (κ3) is 3.29. The molecule has 0 radical (unpaired) electrons. The molecule has 15 heavy (non-hydrogen) atoms. The number of benzene rings is 1. The molecule has 2 N–H and O–H groups in total. The first kappa shape index (κ1) is 11.6. The van der Waals surface area contributed by atoms with E-state index in [0.717, 1.165) is 5.56 Å². The molecule has 0 fully saturated rings. The van der Waals surface area contributed by atoms with Gasteiger partial charge in [0.05, 0.1) is 12.1 Å². The normalized spacial score (nSPS) is 9.73. The van der Waals surface area contributed by atoms with Gasteiger partial charge in [-0.2, -0.15) is 0 Å². The summed E-state index contributed by atoms with van der Waals surface area (Å²) in [6.07, 6.45) is 0. The van der Waals surface area contributed by atoms with Crippen LogP contribution >= 0.6 is 11.6 Å². The highest BCUT2D eigenvalue weighted by Gasteiger charge is 2.10. The Labute approximate surface area is 93.4 Å². The molecule has 0 bridgehead atoms. The van der Waals surface area contributed by atoms with E-state index in [1.165, 1.54) is 6.07 Å². The first-order valence-corrected chi connectivity index (χ1v) is 4.79. The third-order valence-electron chi connectivity index (χ3n) is 1.84. The molecule has 0 aromatic heterocycles. The van der Waals surface area contributed by atoms with Crippen molar-refractivity contribution >= 4 is 17.5 Å². The fourth-order valence-corrected chi connectivity index (χ4v) is 1.17. The van der Waals surface area contributed by atoms with Crippen molar-refractivity contribution in [3.63, 3.8) is 0 Å². The van der Waals surface area contributed by atoms with Crippen molar-refractivity contribution < 1.29 is 9.90 Å². The molecule has 0 saturated carbocycles. The van der Waals surface area contributed by atoms with Gasteiger partial charge in [0.15, 0.2) is 0 Å². The van der Waals surface area contributed by atoms with Gasteiger partial charge in [-0.1, -0.05) is 29.8 Å². The molecule has 3 nitrogen and oxygen atoms in total. The second-order valence-corrected chi connectivity index (χ2v) is 3.76. The Hall–Kier alpha value is -1.48. The van der Waals surface area contributed by atoms with Crippen molar-refractivity contribution in [1.29, 1.82) is 0 Å². The zero-order valence-corrected chi connectivity index (χ0v) is 9.14. The summed E-state index contributed by atoms with van der Waals surface area (Å²) < 4.78 is 0. The molecule has 1 rings (SSSR count). The minimum Gasteiger partial charge on any atom is -0.507 e. The third-order valence-corrected chi connectivity index (χ3v) is 1.97. The highest BCUT2D eigenvalue weighted by molar-refractivity contribution is 6.29. The summed E-state index contributed by atoms with van der Waals surface area (Å²) in [5, 5.41) is 12.3. The van der Waals surface area contributed by atoms with Gasteiger partial charge in [-0.3, -0.25) is 4.79 Å². The van der Waals surface area contributed by atoms with Crippen molar-refractivity contribution in [2.75, 3.05) is 6.54 Å². The second kappa shape index (κ2) is 4.84. The molecule has 0 aliphatic carbocycles. The zero-order chi connectivity index (χ0) is 11.4. The van der Waals surface area contributed by atoms with E-state index in [4.69, 9.17) is 11.6 Å². The molecule has 80 valence electrons. The molecule has 1 aromatic carbocycles. The van der Waals surface area contributed by atoms with Crippen LogP contribution in [0.1, 0.15) is 15.9 Å². The fraction of sp³-hybridized carbons (Fsp3) is 0.182. The van der Waals surface area contributed by atoms with Crippen molar-refractivity contribution in [3.8, 4) is 5.75 Å². The number of nitrogens with one attached hydrogen (secondary N) is 1. The molecule has 0 spiro atoms. The lowest BCUT2D eigenvalue weighted by Crippen LogP contribution is -2.24. The van der Waals surface area contributed by atoms with Crippen LogP contribution in [0.5, 0.6) is 5.75 Å². The Kier molecular flexibility index (Phi) is 3.74. The van der Waals surface area contributed by atoms with Crippen LogP contribution in [0.3, 0.4) is 0 Å². The van der Waals surface area contributed by atoms with Gasteiger partial charge in [-0.05, 0) is 19.1 Å². The molecule has 0 atom stereocenters. The van der Waals surface area contributed by atoms with Gasteiger partial charge in [-0.15, -0.1) is 0 Å². The van der Waals surface area contributed by atoms with E-state index >= 15 is 0 Å². The van der Waals surface area contributed by atoms with Crippen LogP contribution in [0.2, 0.25) is 0 Å². The Morgan fingerprint density at radius 2 is 2.27 bits per heavy atom. The van der Waals surface area contributed by atoms with Crippen molar-refractivity contribution in [3.05, 3.63) is 40.9 Å². The zero-order valence-electron chi connectivity index (χ0n) is 8.38. The highest BCUT2D eigenvalue weighted by atomic mass is 35.5. The first-order chi connectivity index (χ1) is 7.00. The number of amides is 1. The van der Waals surface area contributed by atoms with Crippen molar-refractivity contribution in [1.82, 2.24) is 5.32 Å². The van der Waals surface area contributed by atoms with E-state index in [2.05, 4.69) is 11.9 Å². The number of halogens is 1. The van der Waals surface area contributed by atoms with Crippen LogP contribution in [0.4, 0.5) is 0 Å². The summed E-state index contributed by atoms with van der Waals surface area (Å²) in [4.78, 5) is 11.6. The quantitative estimate of drug-likeness (QED) is 0.829. The molecule has 4 heteroatoms. The topological polar surface area (TPSA) is 49.3 Å². The molecule has 1 amide bonds. The van der Waals surface area contributed by atoms with Crippen molar-refractivity contribution in [2.45, 2.75) is 6.92 Å². The second-order valence-electron chi connectivity index (χ2n) is 3.22. The summed E-state index contributed by atoms with van der Waals surface area (Å²) in [6, 6.07) is 4.83. The largest absolute Gasteiger partial charge is 0.507 e. The van der Waals surface area contributed by atoms with Crippen LogP contribution in [-0.2, 0) is 0 Å². The highest BCUT2D eigenvalue weighted by Crippen LogP contribution is 2.17. The predicted octanol–water partition coefficient (Wildman–Crippen LogP) is 2.18. The summed E-state index contributed by atoms with van der Waals surface area (Å²) in [7, 11) is 0. The number of aryl methyl sites for hydroxylation is 1. The minimum absolute atomic E-state index is 0.0433. The lowest BCUT2D eigenvalue weighted by molar-refractivity contribution is 0.0955. The average Bonchev–Trinajstić information content (AvgIpc) is 2.18. The van der Waals surface area contributed by atoms with Crippen molar-refractivity contribution in [2.24, 2.45) is 0 Å². The molecule has 1 aromatic rings. The van der Waals surface area contributed by atoms with E-state index in [9.17, 15) is 9.90 Å². The molecular formula is C11H12ClNO2. The first-order valence-electron chi connectivity index (χ1n) is 4.42. The van der Waals surface area contributed by atoms with Gasteiger partial charge < -0.3 is 10.4 Å². The maximum absolute atomic E-state index is 11.6. The molecule has 0 aliphatic heterocycles. The van der Waals surface area contributed by atoms with E-state index in [1.54, 1.807) is 12.1 Å². The monoisotopic (exact) mass is 225 g/mol. The van der Waals surface area contributed by atoms with Crippen LogP contribution in [-0.4, -0.2) is 17.6 Å².